The quantitative estimate of drug-likeness (QED) is 0.724. The zero-order valence-corrected chi connectivity index (χ0v) is 14.4. The van der Waals surface area contributed by atoms with Gasteiger partial charge in [-0.3, -0.25) is 4.98 Å². The smallest absolute Gasteiger partial charge is 0.374 e. The Bertz CT molecular complexity index is 819. The van der Waals surface area contributed by atoms with Crippen molar-refractivity contribution in [1.29, 1.82) is 0 Å². The lowest BCUT2D eigenvalue weighted by atomic mass is 9.89. The first-order chi connectivity index (χ1) is 12.0. The molecule has 134 valence electrons. The minimum Gasteiger partial charge on any atom is -0.496 e. The summed E-state index contributed by atoms with van der Waals surface area (Å²) in [6.07, 6.45) is 4.49. The number of aromatic nitrogens is 2. The number of hydrogen-bond acceptors (Lipinski definition) is 6. The number of nitrogens with zero attached hydrogens (tertiary/aromatic N) is 3. The molecule has 0 aliphatic carbocycles. The molecule has 2 atom stereocenters. The van der Waals surface area contributed by atoms with E-state index < -0.39 is 10.4 Å². The molecule has 7 nitrogen and oxygen atoms in total. The zero-order valence-electron chi connectivity index (χ0n) is 13.6. The van der Waals surface area contributed by atoms with Crippen molar-refractivity contribution in [3.63, 3.8) is 0 Å². The maximum Gasteiger partial charge on any atom is 0.374 e. The molecule has 1 saturated heterocycles. The molecule has 0 bridgehead atoms. The summed E-state index contributed by atoms with van der Waals surface area (Å²) in [6, 6.07) is 7.31. The van der Waals surface area contributed by atoms with Crippen LogP contribution in [0.2, 0.25) is 0 Å². The molecule has 3 rings (SSSR count). The number of rotatable bonds is 6. The van der Waals surface area contributed by atoms with Gasteiger partial charge in [-0.25, -0.2) is 4.98 Å². The highest BCUT2D eigenvalue weighted by Crippen LogP contribution is 2.38. The summed E-state index contributed by atoms with van der Waals surface area (Å²) in [5.74, 6) is 0.472. The van der Waals surface area contributed by atoms with E-state index in [4.69, 9.17) is 9.47 Å². The summed E-state index contributed by atoms with van der Waals surface area (Å²) >= 11 is 0. The zero-order chi connectivity index (χ0) is 17.9. The van der Waals surface area contributed by atoms with Crippen LogP contribution in [0.1, 0.15) is 11.5 Å². The molecular formula is C16H18FN3O4S. The average Bonchev–Trinajstić information content (AvgIpc) is 3.05. The van der Waals surface area contributed by atoms with Crippen molar-refractivity contribution in [3.8, 4) is 11.6 Å². The van der Waals surface area contributed by atoms with E-state index in [1.165, 1.54) is 18.6 Å². The van der Waals surface area contributed by atoms with Gasteiger partial charge in [-0.05, 0) is 11.6 Å². The van der Waals surface area contributed by atoms with Crippen molar-refractivity contribution < 1.29 is 21.8 Å². The van der Waals surface area contributed by atoms with Crippen LogP contribution in [0, 0.1) is 5.92 Å². The first kappa shape index (κ1) is 17.6. The maximum atomic E-state index is 13.5. The molecule has 25 heavy (non-hydrogen) atoms. The average molecular weight is 367 g/mol. The van der Waals surface area contributed by atoms with E-state index in [2.05, 4.69) is 9.97 Å². The van der Waals surface area contributed by atoms with E-state index in [1.54, 1.807) is 13.2 Å². The van der Waals surface area contributed by atoms with Gasteiger partial charge < -0.3 is 9.47 Å². The summed E-state index contributed by atoms with van der Waals surface area (Å²) in [6.45, 7) is 0.253. The molecule has 0 radical (unpaired) electrons. The van der Waals surface area contributed by atoms with Crippen LogP contribution < -0.4 is 9.47 Å². The Labute approximate surface area is 145 Å². The highest BCUT2D eigenvalue weighted by Gasteiger charge is 2.41. The van der Waals surface area contributed by atoms with Crippen LogP contribution >= 0.6 is 0 Å². The van der Waals surface area contributed by atoms with Crippen LogP contribution in [0.4, 0.5) is 3.89 Å². The van der Waals surface area contributed by atoms with Crippen molar-refractivity contribution >= 4 is 10.4 Å². The van der Waals surface area contributed by atoms with Gasteiger partial charge in [0.25, 0.3) is 0 Å². The van der Waals surface area contributed by atoms with Gasteiger partial charge in [-0.15, -0.1) is 0 Å². The number of methoxy groups -OCH3 is 1. The second-order valence-corrected chi connectivity index (χ2v) is 7.06. The minimum atomic E-state index is -4.77. The van der Waals surface area contributed by atoms with Gasteiger partial charge in [0.1, 0.15) is 5.75 Å². The first-order valence-electron chi connectivity index (χ1n) is 7.70. The van der Waals surface area contributed by atoms with Gasteiger partial charge in [0, 0.05) is 37.3 Å². The predicted octanol–water partition coefficient (Wildman–Crippen LogP) is 1.79. The Hall–Kier alpha value is -2.26. The number of halogens is 1. The Morgan fingerprint density at radius 3 is 2.76 bits per heavy atom. The SMILES string of the molecule is COc1ccccc1[C@H]1CN(S(=O)(=O)F)C[C@H]1COc1cnccn1. The Morgan fingerprint density at radius 2 is 2.08 bits per heavy atom. The third kappa shape index (κ3) is 4.05. The van der Waals surface area contributed by atoms with Gasteiger partial charge >= 0.3 is 10.4 Å². The van der Waals surface area contributed by atoms with Gasteiger partial charge in [0.15, 0.2) is 0 Å². The lowest BCUT2D eigenvalue weighted by Crippen LogP contribution is -2.26. The lowest BCUT2D eigenvalue weighted by molar-refractivity contribution is 0.234. The fraction of sp³-hybridized carbons (Fsp3) is 0.375. The topological polar surface area (TPSA) is 81.6 Å². The fourth-order valence-corrected chi connectivity index (χ4v) is 3.76. The molecule has 1 aliphatic rings. The highest BCUT2D eigenvalue weighted by molar-refractivity contribution is 7.83. The number of benzene rings is 1. The van der Waals surface area contributed by atoms with E-state index in [9.17, 15) is 12.3 Å². The summed E-state index contributed by atoms with van der Waals surface area (Å²) in [4.78, 5) is 7.94. The number of ether oxygens (including phenoxy) is 2. The van der Waals surface area contributed by atoms with Crippen LogP contribution in [0.5, 0.6) is 11.6 Å². The largest absolute Gasteiger partial charge is 0.496 e. The fourth-order valence-electron chi connectivity index (χ4n) is 3.06. The van der Waals surface area contributed by atoms with Crippen molar-refractivity contribution in [3.05, 3.63) is 48.4 Å². The Morgan fingerprint density at radius 1 is 1.28 bits per heavy atom. The summed E-state index contributed by atoms with van der Waals surface area (Å²) in [7, 11) is -3.23. The molecular weight excluding hydrogens is 349 g/mol. The predicted molar refractivity (Wildman–Crippen MR) is 88.4 cm³/mol. The summed E-state index contributed by atoms with van der Waals surface area (Å²) in [5.41, 5.74) is 0.823. The Kier molecular flexibility index (Phi) is 5.14. The van der Waals surface area contributed by atoms with Crippen LogP contribution in [0.3, 0.4) is 0 Å². The normalized spacial score (nSPS) is 21.2. The maximum absolute atomic E-state index is 13.5. The van der Waals surface area contributed by atoms with Crippen LogP contribution in [-0.2, 0) is 10.4 Å². The molecule has 0 spiro atoms. The third-order valence-electron chi connectivity index (χ3n) is 4.24. The van der Waals surface area contributed by atoms with E-state index in [1.807, 2.05) is 18.2 Å². The van der Waals surface area contributed by atoms with Gasteiger partial charge in [-0.2, -0.15) is 12.7 Å². The second kappa shape index (κ2) is 7.32. The number of hydrogen-bond donors (Lipinski definition) is 0. The van der Waals surface area contributed by atoms with Crippen molar-refractivity contribution in [2.45, 2.75) is 5.92 Å². The van der Waals surface area contributed by atoms with E-state index >= 15 is 0 Å². The van der Waals surface area contributed by atoms with E-state index in [0.717, 1.165) is 9.87 Å². The molecule has 0 saturated carbocycles. The molecule has 1 fully saturated rings. The monoisotopic (exact) mass is 367 g/mol. The minimum absolute atomic E-state index is 0.0296. The van der Waals surface area contributed by atoms with E-state index in [0.29, 0.717) is 11.6 Å². The second-order valence-electron chi connectivity index (χ2n) is 5.72. The molecule has 0 N–H and O–H groups in total. The van der Waals surface area contributed by atoms with Gasteiger partial charge in [0.05, 0.1) is 19.9 Å². The van der Waals surface area contributed by atoms with Crippen LogP contribution in [-0.4, -0.2) is 49.5 Å². The molecule has 1 aromatic heterocycles. The molecule has 2 heterocycles. The summed E-state index contributed by atoms with van der Waals surface area (Å²) < 4.78 is 48.0. The van der Waals surface area contributed by atoms with Crippen LogP contribution in [0.25, 0.3) is 0 Å². The van der Waals surface area contributed by atoms with Gasteiger partial charge in [-0.1, -0.05) is 22.1 Å². The molecule has 2 aromatic rings. The van der Waals surface area contributed by atoms with Crippen molar-refractivity contribution in [2.75, 3.05) is 26.8 Å². The molecule has 1 aliphatic heterocycles. The van der Waals surface area contributed by atoms with Crippen molar-refractivity contribution in [2.24, 2.45) is 5.92 Å². The number of para-hydroxylation sites is 1. The molecule has 0 unspecified atom stereocenters. The molecule has 0 amide bonds. The van der Waals surface area contributed by atoms with E-state index in [-0.39, 0.29) is 31.5 Å². The van der Waals surface area contributed by atoms with Gasteiger partial charge in [0.2, 0.25) is 5.88 Å². The first-order valence-corrected chi connectivity index (χ1v) is 9.04. The highest BCUT2D eigenvalue weighted by atomic mass is 32.3. The molecule has 1 aromatic carbocycles. The van der Waals surface area contributed by atoms with Crippen LogP contribution in [0.15, 0.2) is 42.9 Å². The third-order valence-corrected chi connectivity index (χ3v) is 5.15. The van der Waals surface area contributed by atoms with Crippen molar-refractivity contribution in [1.82, 2.24) is 14.3 Å². The Balaban J connectivity index is 1.84. The standard InChI is InChI=1S/C16H18FN3O4S/c1-23-15-5-3-2-4-13(15)14-10-20(25(17,21)22)9-12(14)11-24-16-8-18-6-7-19-16/h2-8,12,14H,9-11H2,1H3/t12-,14-/m0/s1. The summed E-state index contributed by atoms with van der Waals surface area (Å²) in [5, 5.41) is 0. The lowest BCUT2D eigenvalue weighted by Gasteiger charge is -2.20. The molecule has 9 heteroatoms.